The van der Waals surface area contributed by atoms with Crippen molar-refractivity contribution in [1.82, 2.24) is 15.5 Å². The maximum Gasteiger partial charge on any atom is 0.445 e. The molecule has 2 heterocycles. The molecule has 1 aliphatic rings. The Morgan fingerprint density at radius 2 is 2.09 bits per heavy atom. The number of alkyl halides is 3. The van der Waals surface area contributed by atoms with Gasteiger partial charge in [0.1, 0.15) is 5.75 Å². The summed E-state index contributed by atoms with van der Waals surface area (Å²) >= 11 is 0.272. The maximum atomic E-state index is 12.4. The highest BCUT2D eigenvalue weighted by Crippen LogP contribution is 2.33. The van der Waals surface area contributed by atoms with E-state index in [-0.39, 0.29) is 22.5 Å². The Bertz CT molecular complexity index is 719. The normalized spacial score (nSPS) is 17.1. The fourth-order valence-corrected chi connectivity index (χ4v) is 2.78. The lowest BCUT2D eigenvalue weighted by molar-refractivity contribution is -0.138. The van der Waals surface area contributed by atoms with Gasteiger partial charge in [-0.05, 0) is 6.07 Å². The molecule has 10 heteroatoms. The Kier molecular flexibility index (Phi) is 4.07. The number of hydrogen-bond acceptors (Lipinski definition) is 5. The average Bonchev–Trinajstić information content (AvgIpc) is 2.96. The van der Waals surface area contributed by atoms with Gasteiger partial charge in [-0.2, -0.15) is 13.2 Å². The topological polar surface area (TPSA) is 76.1 Å². The van der Waals surface area contributed by atoms with Gasteiger partial charge in [0, 0.05) is 12.0 Å². The van der Waals surface area contributed by atoms with Crippen molar-refractivity contribution in [2.75, 3.05) is 11.9 Å². The van der Waals surface area contributed by atoms with Crippen LogP contribution in [0.4, 0.5) is 23.1 Å². The highest BCUT2D eigenvalue weighted by atomic mass is 32.1. The summed E-state index contributed by atoms with van der Waals surface area (Å²) in [6.45, 7) is 0.443. The molecule has 0 bridgehead atoms. The van der Waals surface area contributed by atoms with Gasteiger partial charge in [-0.25, -0.2) is 4.79 Å². The van der Waals surface area contributed by atoms with E-state index in [4.69, 9.17) is 4.74 Å². The molecule has 3 rings (SSSR count). The average molecular weight is 344 g/mol. The van der Waals surface area contributed by atoms with Crippen LogP contribution in [0, 0.1) is 0 Å². The molecule has 1 atom stereocenters. The fourth-order valence-electron chi connectivity index (χ4n) is 2.17. The van der Waals surface area contributed by atoms with Crippen LogP contribution >= 0.6 is 11.3 Å². The van der Waals surface area contributed by atoms with E-state index in [1.54, 1.807) is 6.07 Å². The summed E-state index contributed by atoms with van der Waals surface area (Å²) in [6, 6.07) is 6.33. The zero-order valence-electron chi connectivity index (χ0n) is 11.6. The molecule has 0 radical (unpaired) electrons. The Hall–Kier alpha value is -2.36. The molecular weight excluding hydrogens is 333 g/mol. The van der Waals surface area contributed by atoms with Crippen LogP contribution in [0.5, 0.6) is 5.75 Å². The van der Waals surface area contributed by atoms with Crippen molar-refractivity contribution in [3.63, 3.8) is 0 Å². The molecular formula is C13H11F3N4O2S. The number of amides is 2. The minimum Gasteiger partial charge on any atom is -0.493 e. The van der Waals surface area contributed by atoms with Crippen LogP contribution in [-0.2, 0) is 6.18 Å². The molecule has 0 fully saturated rings. The van der Waals surface area contributed by atoms with Crippen LogP contribution in [0.15, 0.2) is 24.3 Å². The molecule has 1 aromatic carbocycles. The first-order valence-corrected chi connectivity index (χ1v) is 7.45. The first-order chi connectivity index (χ1) is 10.9. The number of carbonyl (C=O) groups excluding carboxylic acids is 1. The van der Waals surface area contributed by atoms with Gasteiger partial charge >= 0.3 is 12.2 Å². The predicted molar refractivity (Wildman–Crippen MR) is 76.4 cm³/mol. The molecule has 23 heavy (non-hydrogen) atoms. The minimum atomic E-state index is -4.58. The van der Waals surface area contributed by atoms with Gasteiger partial charge in [-0.3, -0.25) is 5.32 Å². The molecule has 1 aliphatic heterocycles. The zero-order chi connectivity index (χ0) is 16.4. The van der Waals surface area contributed by atoms with Crippen LogP contribution in [0.2, 0.25) is 0 Å². The van der Waals surface area contributed by atoms with Crippen LogP contribution in [0.25, 0.3) is 0 Å². The van der Waals surface area contributed by atoms with E-state index < -0.39 is 17.2 Å². The first-order valence-electron chi connectivity index (χ1n) is 6.63. The standard InChI is InChI=1S/C13H11F3N4O2S/c14-13(15,16)10-19-20-12(23-10)18-11(21)17-8-5-6-22-9-4-2-1-3-7(8)9/h1-4,8H,5-6H2,(H2,17,18,20,21). The van der Waals surface area contributed by atoms with Crippen molar-refractivity contribution < 1.29 is 22.7 Å². The minimum absolute atomic E-state index is 0.213. The van der Waals surface area contributed by atoms with Gasteiger partial charge in [0.25, 0.3) is 0 Å². The highest BCUT2D eigenvalue weighted by Gasteiger charge is 2.36. The third-order valence-electron chi connectivity index (χ3n) is 3.15. The quantitative estimate of drug-likeness (QED) is 0.877. The second-order valence-corrected chi connectivity index (χ2v) is 5.71. The summed E-state index contributed by atoms with van der Waals surface area (Å²) in [4.78, 5) is 11.9. The summed E-state index contributed by atoms with van der Waals surface area (Å²) in [5.74, 6) is 0.680. The van der Waals surface area contributed by atoms with Crippen molar-refractivity contribution >= 4 is 22.5 Å². The molecule has 2 amide bonds. The van der Waals surface area contributed by atoms with Crippen LogP contribution < -0.4 is 15.4 Å². The van der Waals surface area contributed by atoms with Gasteiger partial charge < -0.3 is 10.1 Å². The van der Waals surface area contributed by atoms with Gasteiger partial charge in [0.15, 0.2) is 0 Å². The summed E-state index contributed by atoms with van der Waals surface area (Å²) in [5.41, 5.74) is 0.821. The summed E-state index contributed by atoms with van der Waals surface area (Å²) < 4.78 is 42.8. The van der Waals surface area contributed by atoms with Crippen LogP contribution in [0.1, 0.15) is 23.0 Å². The molecule has 0 saturated carbocycles. The highest BCUT2D eigenvalue weighted by molar-refractivity contribution is 7.15. The van der Waals surface area contributed by atoms with E-state index >= 15 is 0 Å². The van der Waals surface area contributed by atoms with E-state index in [1.807, 2.05) is 18.2 Å². The number of ether oxygens (including phenoxy) is 1. The number of fused-ring (bicyclic) bond motifs is 1. The van der Waals surface area contributed by atoms with E-state index in [1.165, 1.54) is 0 Å². The number of aromatic nitrogens is 2. The van der Waals surface area contributed by atoms with Gasteiger partial charge in [-0.1, -0.05) is 29.5 Å². The molecule has 0 aliphatic carbocycles. The lowest BCUT2D eigenvalue weighted by Gasteiger charge is -2.26. The molecule has 2 aromatic rings. The Morgan fingerprint density at radius 3 is 2.83 bits per heavy atom. The van der Waals surface area contributed by atoms with Gasteiger partial charge in [-0.15, -0.1) is 10.2 Å². The number of anilines is 1. The Labute approximate surface area is 132 Å². The summed E-state index contributed by atoms with van der Waals surface area (Å²) in [5, 5.41) is 9.96. The zero-order valence-corrected chi connectivity index (χ0v) is 12.4. The molecule has 0 saturated heterocycles. The monoisotopic (exact) mass is 344 g/mol. The predicted octanol–water partition coefficient (Wildman–Crippen LogP) is 3.20. The molecule has 122 valence electrons. The third-order valence-corrected chi connectivity index (χ3v) is 4.04. The van der Waals surface area contributed by atoms with E-state index in [2.05, 4.69) is 20.8 Å². The summed E-state index contributed by atoms with van der Waals surface area (Å²) in [6.07, 6.45) is -4.01. The third kappa shape index (κ3) is 3.52. The Balaban J connectivity index is 1.65. The van der Waals surface area contributed by atoms with Crippen molar-refractivity contribution in [2.24, 2.45) is 0 Å². The van der Waals surface area contributed by atoms with Crippen molar-refractivity contribution in [1.29, 1.82) is 0 Å². The first kappa shape index (κ1) is 15.5. The number of halogens is 3. The largest absolute Gasteiger partial charge is 0.493 e. The number of carbonyl (C=O) groups is 1. The molecule has 2 N–H and O–H groups in total. The van der Waals surface area contributed by atoms with E-state index in [0.29, 0.717) is 18.8 Å². The Morgan fingerprint density at radius 1 is 1.30 bits per heavy atom. The van der Waals surface area contributed by atoms with Crippen molar-refractivity contribution in [3.8, 4) is 5.75 Å². The number of nitrogens with zero attached hydrogens (tertiary/aromatic N) is 2. The lowest BCUT2D eigenvalue weighted by Crippen LogP contribution is -2.35. The molecule has 0 spiro atoms. The number of benzene rings is 1. The van der Waals surface area contributed by atoms with E-state index in [0.717, 1.165) is 5.56 Å². The van der Waals surface area contributed by atoms with Gasteiger partial charge in [0.2, 0.25) is 10.1 Å². The van der Waals surface area contributed by atoms with Crippen molar-refractivity contribution in [2.45, 2.75) is 18.6 Å². The molecule has 1 unspecified atom stereocenters. The number of hydrogen-bond donors (Lipinski definition) is 2. The molecule has 1 aromatic heterocycles. The smallest absolute Gasteiger partial charge is 0.445 e. The molecule has 6 nitrogen and oxygen atoms in total. The second-order valence-electron chi connectivity index (χ2n) is 4.74. The SMILES string of the molecule is O=C(Nc1nnc(C(F)(F)F)s1)NC1CCOc2ccccc21. The van der Waals surface area contributed by atoms with Crippen LogP contribution in [-0.4, -0.2) is 22.8 Å². The van der Waals surface area contributed by atoms with Crippen molar-refractivity contribution in [3.05, 3.63) is 34.8 Å². The fraction of sp³-hybridized carbons (Fsp3) is 0.308. The number of rotatable bonds is 2. The van der Waals surface area contributed by atoms with Crippen LogP contribution in [0.3, 0.4) is 0 Å². The number of urea groups is 1. The number of para-hydroxylation sites is 1. The summed E-state index contributed by atoms with van der Waals surface area (Å²) in [7, 11) is 0. The second kappa shape index (κ2) is 6.03. The van der Waals surface area contributed by atoms with Gasteiger partial charge in [0.05, 0.1) is 12.6 Å². The maximum absolute atomic E-state index is 12.4. The number of nitrogens with one attached hydrogen (secondary N) is 2. The lowest BCUT2D eigenvalue weighted by atomic mass is 10.0. The van der Waals surface area contributed by atoms with E-state index in [9.17, 15) is 18.0 Å².